The molecule has 0 spiro atoms. The maximum Gasteiger partial charge on any atom is 0.243 e. The first-order valence-corrected chi connectivity index (χ1v) is 12.4. The molecular formula is C23H27N5O4S. The molecule has 4 atom stereocenters. The molecule has 33 heavy (non-hydrogen) atoms. The predicted octanol–water partition coefficient (Wildman–Crippen LogP) is 2.25. The van der Waals surface area contributed by atoms with E-state index in [1.54, 1.807) is 30.6 Å². The molecule has 0 saturated carbocycles. The lowest BCUT2D eigenvalue weighted by molar-refractivity contribution is 0.0690. The molecule has 0 bridgehead atoms. The molecule has 0 amide bonds. The average molecular weight is 470 g/mol. The molecule has 10 heteroatoms. The van der Waals surface area contributed by atoms with E-state index in [1.165, 1.54) is 0 Å². The van der Waals surface area contributed by atoms with Crippen molar-refractivity contribution in [2.45, 2.75) is 55.4 Å². The van der Waals surface area contributed by atoms with Crippen molar-refractivity contribution < 1.29 is 17.9 Å². The van der Waals surface area contributed by atoms with Crippen molar-refractivity contribution >= 4 is 26.9 Å². The van der Waals surface area contributed by atoms with Gasteiger partial charge < -0.3 is 14.8 Å². The molecule has 2 N–H and O–H groups in total. The van der Waals surface area contributed by atoms with E-state index < -0.39 is 22.2 Å². The fourth-order valence-corrected chi connectivity index (χ4v) is 5.70. The minimum absolute atomic E-state index is 0.0994. The first-order chi connectivity index (χ1) is 15.7. The number of benzene rings is 1. The lowest BCUT2D eigenvalue weighted by atomic mass is 9.92. The van der Waals surface area contributed by atoms with E-state index in [-0.39, 0.29) is 29.1 Å². The molecular weight excluding hydrogens is 442 g/mol. The monoisotopic (exact) mass is 469 g/mol. The number of anilines is 1. The normalized spacial score (nSPS) is 25.3. The van der Waals surface area contributed by atoms with Gasteiger partial charge in [-0.2, -0.15) is 0 Å². The van der Waals surface area contributed by atoms with Gasteiger partial charge in [-0.05, 0) is 18.2 Å². The highest BCUT2D eigenvalue weighted by atomic mass is 32.2. The van der Waals surface area contributed by atoms with Gasteiger partial charge in [0.05, 0.1) is 36.5 Å². The van der Waals surface area contributed by atoms with Crippen molar-refractivity contribution in [3.05, 3.63) is 54.5 Å². The smallest absolute Gasteiger partial charge is 0.243 e. The second-order valence-corrected chi connectivity index (χ2v) is 11.1. The topological polar surface area (TPSA) is 115 Å². The Labute approximate surface area is 193 Å². The van der Waals surface area contributed by atoms with E-state index in [4.69, 9.17) is 9.47 Å². The fourth-order valence-electron chi connectivity index (χ4n) is 4.29. The van der Waals surface area contributed by atoms with Crippen molar-refractivity contribution in [3.63, 3.8) is 0 Å². The maximum absolute atomic E-state index is 13.2. The molecule has 0 unspecified atom stereocenters. The van der Waals surface area contributed by atoms with Crippen LogP contribution in [0.3, 0.4) is 0 Å². The van der Waals surface area contributed by atoms with E-state index in [1.807, 2.05) is 18.2 Å². The minimum Gasteiger partial charge on any atom is -0.371 e. The highest BCUT2D eigenvalue weighted by molar-refractivity contribution is 7.89. The third-order valence-corrected chi connectivity index (χ3v) is 7.51. The van der Waals surface area contributed by atoms with Crippen molar-refractivity contribution in [1.82, 2.24) is 19.7 Å². The third kappa shape index (κ3) is 4.31. The summed E-state index contributed by atoms with van der Waals surface area (Å²) >= 11 is 0. The molecule has 4 heterocycles. The van der Waals surface area contributed by atoms with Crippen LogP contribution in [0.1, 0.15) is 26.5 Å². The van der Waals surface area contributed by atoms with Gasteiger partial charge in [-0.1, -0.05) is 39.0 Å². The van der Waals surface area contributed by atoms with Gasteiger partial charge in [-0.3, -0.25) is 4.98 Å². The van der Waals surface area contributed by atoms with Crippen LogP contribution in [-0.2, 0) is 24.9 Å². The standard InChI is InChI=1S/C23H27N5O4S/c1-23(2,3)18-9-11-25-22(27-18)26-15-12-31-21-16(13-32-20(15)21)28-33(29,30)17-8-4-6-14-7-5-10-24-19(14)17/h4-11,15-16,20-21,28H,12-13H2,1-3H3,(H,25,26,27)/t15-,16+,20-,21+/m1/s1. The first kappa shape index (κ1) is 22.1. The number of pyridine rings is 1. The van der Waals surface area contributed by atoms with Gasteiger partial charge in [0.1, 0.15) is 17.1 Å². The lowest BCUT2D eigenvalue weighted by Crippen LogP contribution is -2.44. The molecule has 2 saturated heterocycles. The van der Waals surface area contributed by atoms with Gasteiger partial charge in [-0.15, -0.1) is 0 Å². The molecule has 2 aliphatic heterocycles. The number of aromatic nitrogens is 3. The first-order valence-electron chi connectivity index (χ1n) is 10.9. The minimum atomic E-state index is -3.82. The van der Waals surface area contributed by atoms with Gasteiger partial charge in [0.2, 0.25) is 16.0 Å². The Hall–Kier alpha value is -2.66. The maximum atomic E-state index is 13.2. The Bertz CT molecular complexity index is 1270. The van der Waals surface area contributed by atoms with E-state index in [2.05, 4.69) is 45.8 Å². The van der Waals surface area contributed by atoms with Gasteiger partial charge in [0.25, 0.3) is 0 Å². The summed E-state index contributed by atoms with van der Waals surface area (Å²) in [6, 6.07) is 9.94. The number of hydrogen-bond donors (Lipinski definition) is 2. The van der Waals surface area contributed by atoms with E-state index >= 15 is 0 Å². The van der Waals surface area contributed by atoms with Crippen LogP contribution in [0.2, 0.25) is 0 Å². The van der Waals surface area contributed by atoms with Crippen molar-refractivity contribution in [3.8, 4) is 0 Å². The Morgan fingerprint density at radius 1 is 0.939 bits per heavy atom. The Morgan fingerprint density at radius 2 is 1.67 bits per heavy atom. The zero-order chi connectivity index (χ0) is 23.2. The van der Waals surface area contributed by atoms with Crippen LogP contribution in [0, 0.1) is 0 Å². The Morgan fingerprint density at radius 3 is 2.45 bits per heavy atom. The molecule has 2 aromatic heterocycles. The Kier molecular flexibility index (Phi) is 5.56. The second kappa shape index (κ2) is 8.28. The molecule has 9 nitrogen and oxygen atoms in total. The predicted molar refractivity (Wildman–Crippen MR) is 123 cm³/mol. The molecule has 0 radical (unpaired) electrons. The van der Waals surface area contributed by atoms with Gasteiger partial charge in [0, 0.05) is 23.2 Å². The number of hydrogen-bond acceptors (Lipinski definition) is 8. The van der Waals surface area contributed by atoms with Gasteiger partial charge in [0.15, 0.2) is 0 Å². The third-order valence-electron chi connectivity index (χ3n) is 5.98. The number of sulfonamides is 1. The number of para-hydroxylation sites is 1. The molecule has 0 aliphatic carbocycles. The van der Waals surface area contributed by atoms with Gasteiger partial charge in [-0.25, -0.2) is 23.1 Å². The Balaban J connectivity index is 1.31. The summed E-state index contributed by atoms with van der Waals surface area (Å²) in [6.45, 7) is 6.86. The lowest BCUT2D eigenvalue weighted by Gasteiger charge is -2.21. The summed E-state index contributed by atoms with van der Waals surface area (Å²) in [5, 5.41) is 4.07. The van der Waals surface area contributed by atoms with Crippen molar-refractivity contribution in [2.75, 3.05) is 18.5 Å². The van der Waals surface area contributed by atoms with Crippen LogP contribution < -0.4 is 10.0 Å². The van der Waals surface area contributed by atoms with Crippen LogP contribution in [0.25, 0.3) is 10.9 Å². The summed E-state index contributed by atoms with van der Waals surface area (Å²) in [5.74, 6) is 0.506. The highest BCUT2D eigenvalue weighted by Crippen LogP contribution is 2.30. The number of ether oxygens (including phenoxy) is 2. The van der Waals surface area contributed by atoms with Crippen molar-refractivity contribution in [2.24, 2.45) is 0 Å². The number of fused-ring (bicyclic) bond motifs is 2. The second-order valence-electron chi connectivity index (χ2n) is 9.42. The van der Waals surface area contributed by atoms with Gasteiger partial charge >= 0.3 is 0 Å². The molecule has 5 rings (SSSR count). The van der Waals surface area contributed by atoms with Crippen LogP contribution in [0.5, 0.6) is 0 Å². The van der Waals surface area contributed by atoms with E-state index in [0.29, 0.717) is 18.1 Å². The zero-order valence-corrected chi connectivity index (χ0v) is 19.5. The molecule has 2 aliphatic rings. The van der Waals surface area contributed by atoms with Crippen LogP contribution >= 0.6 is 0 Å². The number of nitrogens with one attached hydrogen (secondary N) is 2. The summed E-state index contributed by atoms with van der Waals surface area (Å²) in [6.07, 6.45) is 2.59. The largest absolute Gasteiger partial charge is 0.371 e. The van der Waals surface area contributed by atoms with Crippen molar-refractivity contribution in [1.29, 1.82) is 0 Å². The van der Waals surface area contributed by atoms with E-state index in [0.717, 1.165) is 11.1 Å². The van der Waals surface area contributed by atoms with Crippen LogP contribution in [0.4, 0.5) is 5.95 Å². The molecule has 2 fully saturated rings. The number of nitrogens with zero attached hydrogens (tertiary/aromatic N) is 3. The average Bonchev–Trinajstić information content (AvgIpc) is 3.36. The molecule has 174 valence electrons. The highest BCUT2D eigenvalue weighted by Gasteiger charge is 2.49. The SMILES string of the molecule is CC(C)(C)c1ccnc(N[C@@H]2CO[C@@H]3[C@@H]2OC[C@@H]3NS(=O)(=O)c2cccc3cccnc23)n1. The fraction of sp³-hybridized carbons (Fsp3) is 0.435. The quantitative estimate of drug-likeness (QED) is 0.585. The van der Waals surface area contributed by atoms with Crippen LogP contribution in [-0.4, -0.2) is 60.9 Å². The molecule has 3 aromatic rings. The summed E-state index contributed by atoms with van der Waals surface area (Å²) in [5.41, 5.74) is 1.26. The van der Waals surface area contributed by atoms with Crippen LogP contribution in [0.15, 0.2) is 53.7 Å². The zero-order valence-electron chi connectivity index (χ0n) is 18.7. The summed E-state index contributed by atoms with van der Waals surface area (Å²) in [7, 11) is -3.82. The summed E-state index contributed by atoms with van der Waals surface area (Å²) < 4.78 is 41.1. The summed E-state index contributed by atoms with van der Waals surface area (Å²) in [4.78, 5) is 13.4. The number of rotatable bonds is 5. The van der Waals surface area contributed by atoms with E-state index in [9.17, 15) is 8.42 Å². The molecule has 1 aromatic carbocycles.